The minimum absolute atomic E-state index is 0.133. The van der Waals surface area contributed by atoms with Gasteiger partial charge in [-0.15, -0.1) is 0 Å². The second-order valence-electron chi connectivity index (χ2n) is 9.56. The predicted octanol–water partition coefficient (Wildman–Crippen LogP) is 5.84. The van der Waals surface area contributed by atoms with Crippen molar-refractivity contribution in [2.45, 2.75) is 43.7 Å². The fourth-order valence-corrected chi connectivity index (χ4v) is 5.54. The van der Waals surface area contributed by atoms with Crippen LogP contribution < -0.4 is 5.32 Å². The molecule has 192 valence electrons. The molecule has 0 radical (unpaired) electrons. The Balaban J connectivity index is 1.09. The van der Waals surface area contributed by atoms with Crippen LogP contribution in [0.25, 0.3) is 0 Å². The largest absolute Gasteiger partial charge is 0.447 e. The van der Waals surface area contributed by atoms with Gasteiger partial charge in [0.1, 0.15) is 12.2 Å². The average Bonchev–Trinajstić information content (AvgIpc) is 3.22. The number of halogens is 3. The van der Waals surface area contributed by atoms with E-state index >= 15 is 0 Å². The van der Waals surface area contributed by atoms with Crippen LogP contribution >= 0.6 is 11.6 Å². The van der Waals surface area contributed by atoms with Gasteiger partial charge < -0.3 is 14.4 Å². The van der Waals surface area contributed by atoms with Gasteiger partial charge in [0, 0.05) is 43.1 Å². The predicted molar refractivity (Wildman–Crippen MR) is 130 cm³/mol. The van der Waals surface area contributed by atoms with Crippen LogP contribution in [0.3, 0.4) is 0 Å². The summed E-state index contributed by atoms with van der Waals surface area (Å²) in [4.78, 5) is 28.3. The van der Waals surface area contributed by atoms with Crippen LogP contribution in [-0.4, -0.2) is 54.8 Å². The third-order valence-corrected chi connectivity index (χ3v) is 7.57. The lowest BCUT2D eigenvalue weighted by atomic mass is 9.82. The number of piperidine rings is 1. The number of amides is 2. The van der Waals surface area contributed by atoms with E-state index in [9.17, 15) is 18.4 Å². The van der Waals surface area contributed by atoms with E-state index < -0.39 is 35.5 Å². The summed E-state index contributed by atoms with van der Waals surface area (Å²) in [7, 11) is 0. The Morgan fingerprint density at radius 2 is 1.78 bits per heavy atom. The van der Waals surface area contributed by atoms with E-state index in [0.717, 1.165) is 62.3 Å². The number of fused-ring (bicyclic) bond motifs is 2. The maximum atomic E-state index is 13.7. The van der Waals surface area contributed by atoms with Gasteiger partial charge in [-0.05, 0) is 55.3 Å². The third-order valence-electron chi connectivity index (χ3n) is 7.34. The van der Waals surface area contributed by atoms with E-state index in [1.165, 1.54) is 6.07 Å². The summed E-state index contributed by atoms with van der Waals surface area (Å²) in [6.45, 7) is 3.13. The quantitative estimate of drug-likeness (QED) is 0.466. The molecule has 5 rings (SSSR count). The molecule has 2 aromatic carbocycles. The Labute approximate surface area is 213 Å². The van der Waals surface area contributed by atoms with E-state index in [4.69, 9.17) is 21.1 Å². The molecule has 0 aliphatic carbocycles. The molecule has 1 N–H and O–H groups in total. The van der Waals surface area contributed by atoms with Gasteiger partial charge in [-0.2, -0.15) is 0 Å². The maximum Gasteiger partial charge on any atom is 0.412 e. The highest BCUT2D eigenvalue weighted by Gasteiger charge is 2.44. The van der Waals surface area contributed by atoms with Crippen LogP contribution in [-0.2, 0) is 15.1 Å². The summed E-state index contributed by atoms with van der Waals surface area (Å²) in [5.74, 6) is -1.84. The number of anilines is 1. The van der Waals surface area contributed by atoms with Gasteiger partial charge in [0.05, 0.1) is 11.7 Å². The van der Waals surface area contributed by atoms with Gasteiger partial charge in [0.15, 0.2) is 11.6 Å². The summed E-state index contributed by atoms with van der Waals surface area (Å²) in [5.41, 5.74) is 1.57. The number of rotatable bonds is 7. The molecule has 7 nitrogen and oxygen atoms in total. The van der Waals surface area contributed by atoms with Crippen LogP contribution in [0.1, 0.15) is 49.3 Å². The number of unbranched alkanes of at least 4 members (excludes halogenated alkanes) is 2. The Hall–Kier alpha value is -2.91. The fourth-order valence-electron chi connectivity index (χ4n) is 5.37. The molecule has 0 bridgehead atoms. The minimum Gasteiger partial charge on any atom is -0.447 e. The zero-order valence-corrected chi connectivity index (χ0v) is 20.5. The van der Waals surface area contributed by atoms with Gasteiger partial charge in [0.25, 0.3) is 0 Å². The Kier molecular flexibility index (Phi) is 7.03. The van der Waals surface area contributed by atoms with Crippen molar-refractivity contribution >= 4 is 29.5 Å². The van der Waals surface area contributed by atoms with Crippen LogP contribution in [0.5, 0.6) is 0 Å². The summed E-state index contributed by atoms with van der Waals surface area (Å²) in [5, 5.41) is 3.37. The highest BCUT2D eigenvalue weighted by atomic mass is 35.5. The molecule has 0 saturated carbocycles. The third kappa shape index (κ3) is 4.99. The first-order valence-electron chi connectivity index (χ1n) is 12.3. The number of nitrogens with zero attached hydrogens (tertiary/aromatic N) is 2. The van der Waals surface area contributed by atoms with Crippen LogP contribution in [0.15, 0.2) is 36.4 Å². The first-order chi connectivity index (χ1) is 17.3. The van der Waals surface area contributed by atoms with Crippen molar-refractivity contribution in [1.82, 2.24) is 9.80 Å². The SMILES string of the molecule is O=C1Nc2ccc(Cl)cc2C2(CCN(CCCCCN3C(=O)OCC3c3ccc(F)c(F)c3)CC2)O1. The molecule has 1 atom stereocenters. The van der Waals surface area contributed by atoms with E-state index in [1.807, 2.05) is 12.1 Å². The number of benzene rings is 2. The lowest BCUT2D eigenvalue weighted by Gasteiger charge is -2.44. The maximum absolute atomic E-state index is 13.7. The first kappa shape index (κ1) is 24.8. The monoisotopic (exact) mass is 519 g/mol. The molecule has 1 unspecified atom stereocenters. The normalized spacial score (nSPS) is 21.2. The second-order valence-corrected chi connectivity index (χ2v) is 10.00. The Morgan fingerprint density at radius 3 is 2.56 bits per heavy atom. The van der Waals surface area contributed by atoms with Crippen molar-refractivity contribution in [3.63, 3.8) is 0 Å². The Bertz CT molecular complexity index is 1160. The number of hydrogen-bond donors (Lipinski definition) is 1. The van der Waals surface area contributed by atoms with Crippen molar-refractivity contribution < 1.29 is 27.8 Å². The number of carbonyl (C=O) groups is 2. The lowest BCUT2D eigenvalue weighted by Crippen LogP contribution is -2.48. The summed E-state index contributed by atoms with van der Waals surface area (Å²) < 4.78 is 37.9. The van der Waals surface area contributed by atoms with Gasteiger partial charge in [-0.25, -0.2) is 18.4 Å². The molecule has 2 amide bonds. The van der Waals surface area contributed by atoms with Crippen molar-refractivity contribution in [1.29, 1.82) is 0 Å². The average molecular weight is 520 g/mol. The number of ether oxygens (including phenoxy) is 2. The number of carbonyl (C=O) groups excluding carboxylic acids is 2. The van der Waals surface area contributed by atoms with Gasteiger partial charge in [-0.3, -0.25) is 10.2 Å². The zero-order valence-electron chi connectivity index (χ0n) is 19.8. The standard InChI is InChI=1S/C26H28ClF2N3O4/c27-18-5-7-22-19(15-18)26(36-24(33)30-22)8-12-31(13-9-26)10-2-1-3-11-32-23(16-35-25(32)34)17-4-6-20(28)21(29)14-17/h4-7,14-15,23H,1-3,8-13,16H2,(H,30,33). The van der Waals surface area contributed by atoms with E-state index in [0.29, 0.717) is 30.0 Å². The highest BCUT2D eigenvalue weighted by molar-refractivity contribution is 6.30. The molecule has 2 aromatic rings. The minimum atomic E-state index is -0.930. The number of nitrogens with one attached hydrogen (secondary N) is 1. The summed E-state index contributed by atoms with van der Waals surface area (Å²) in [6, 6.07) is 8.75. The number of cyclic esters (lactones) is 1. The molecule has 10 heteroatoms. The molecule has 3 heterocycles. The van der Waals surface area contributed by atoms with E-state index in [-0.39, 0.29) is 6.61 Å². The molecule has 2 fully saturated rings. The summed E-state index contributed by atoms with van der Waals surface area (Å²) in [6.07, 6.45) is 3.18. The van der Waals surface area contributed by atoms with Crippen LogP contribution in [0.4, 0.5) is 24.1 Å². The smallest absolute Gasteiger partial charge is 0.412 e. The summed E-state index contributed by atoms with van der Waals surface area (Å²) >= 11 is 6.21. The van der Waals surface area contributed by atoms with Gasteiger partial charge in [0.2, 0.25) is 0 Å². The second kappa shape index (κ2) is 10.2. The van der Waals surface area contributed by atoms with Crippen molar-refractivity contribution in [3.8, 4) is 0 Å². The number of hydrogen-bond acceptors (Lipinski definition) is 5. The van der Waals surface area contributed by atoms with Crippen molar-refractivity contribution in [2.75, 3.05) is 38.1 Å². The van der Waals surface area contributed by atoms with E-state index in [1.54, 1.807) is 11.0 Å². The molecule has 2 saturated heterocycles. The molecule has 3 aliphatic rings. The molecule has 0 aromatic heterocycles. The molecular formula is C26H28ClF2N3O4. The van der Waals surface area contributed by atoms with Crippen molar-refractivity contribution in [3.05, 3.63) is 64.2 Å². The molecule has 3 aliphatic heterocycles. The van der Waals surface area contributed by atoms with E-state index in [2.05, 4.69) is 10.2 Å². The zero-order chi connectivity index (χ0) is 25.3. The van der Waals surface area contributed by atoms with Gasteiger partial charge in [-0.1, -0.05) is 24.1 Å². The Morgan fingerprint density at radius 1 is 1.00 bits per heavy atom. The molecule has 36 heavy (non-hydrogen) atoms. The van der Waals surface area contributed by atoms with Crippen LogP contribution in [0, 0.1) is 11.6 Å². The number of likely N-dealkylation sites (tertiary alicyclic amines) is 1. The van der Waals surface area contributed by atoms with Gasteiger partial charge >= 0.3 is 12.2 Å². The lowest BCUT2D eigenvalue weighted by molar-refractivity contribution is -0.0380. The van der Waals surface area contributed by atoms with Crippen molar-refractivity contribution in [2.24, 2.45) is 0 Å². The van der Waals surface area contributed by atoms with Crippen LogP contribution in [0.2, 0.25) is 5.02 Å². The fraction of sp³-hybridized carbons (Fsp3) is 0.462. The highest BCUT2D eigenvalue weighted by Crippen LogP contribution is 2.44. The topological polar surface area (TPSA) is 71.1 Å². The molecular weight excluding hydrogens is 492 g/mol. The molecule has 1 spiro atoms. The first-order valence-corrected chi connectivity index (χ1v) is 12.6.